The van der Waals surface area contributed by atoms with Crippen LogP contribution in [0, 0.1) is 12.7 Å². The van der Waals surface area contributed by atoms with Crippen LogP contribution in [0.5, 0.6) is 0 Å². The van der Waals surface area contributed by atoms with Crippen LogP contribution in [0.4, 0.5) is 21.6 Å². The van der Waals surface area contributed by atoms with Crippen LogP contribution in [0.2, 0.25) is 0 Å². The lowest BCUT2D eigenvalue weighted by atomic mass is 10.1. The number of rotatable bonds is 6. The summed E-state index contributed by atoms with van der Waals surface area (Å²) < 4.78 is 14.8. The second kappa shape index (κ2) is 8.52. The third-order valence-corrected chi connectivity index (χ3v) is 4.31. The van der Waals surface area contributed by atoms with E-state index in [0.717, 1.165) is 11.3 Å². The molecule has 2 N–H and O–H groups in total. The van der Waals surface area contributed by atoms with Gasteiger partial charge in [0.2, 0.25) is 5.91 Å². The molecule has 0 saturated heterocycles. The molecular formula is C22H19FN6O. The van der Waals surface area contributed by atoms with E-state index in [2.05, 4.69) is 25.6 Å². The molecule has 1 amide bonds. The fourth-order valence-corrected chi connectivity index (χ4v) is 2.92. The van der Waals surface area contributed by atoms with Crippen LogP contribution in [0.3, 0.4) is 0 Å². The van der Waals surface area contributed by atoms with Crippen LogP contribution in [-0.4, -0.2) is 25.4 Å². The Morgan fingerprint density at radius 2 is 1.77 bits per heavy atom. The summed E-state index contributed by atoms with van der Waals surface area (Å²) in [5.41, 5.74) is 2.24. The normalized spacial score (nSPS) is 10.6. The SMILES string of the molecule is Cc1nc(Nc2ccc(NC(=O)Cc3ccc(F)cc3)cc2)cc(-n2ccnc2)n1. The zero-order valence-electron chi connectivity index (χ0n) is 16.2. The van der Waals surface area contributed by atoms with E-state index in [9.17, 15) is 9.18 Å². The molecule has 0 unspecified atom stereocenters. The topological polar surface area (TPSA) is 84.7 Å². The molecule has 0 bridgehead atoms. The highest BCUT2D eigenvalue weighted by molar-refractivity contribution is 5.92. The molecule has 4 aromatic rings. The summed E-state index contributed by atoms with van der Waals surface area (Å²) in [7, 11) is 0. The zero-order chi connectivity index (χ0) is 20.9. The largest absolute Gasteiger partial charge is 0.340 e. The molecule has 0 aliphatic heterocycles. The average Bonchev–Trinajstić information content (AvgIpc) is 3.26. The maximum absolute atomic E-state index is 13.0. The molecule has 0 saturated carbocycles. The first kappa shape index (κ1) is 19.3. The molecule has 150 valence electrons. The lowest BCUT2D eigenvalue weighted by Gasteiger charge is -2.10. The molecule has 2 heterocycles. The van der Waals surface area contributed by atoms with Gasteiger partial charge >= 0.3 is 0 Å². The van der Waals surface area contributed by atoms with Gasteiger partial charge in [-0.05, 0) is 48.9 Å². The molecule has 2 aromatic heterocycles. The Hall–Kier alpha value is -4.07. The molecule has 0 aliphatic carbocycles. The number of benzene rings is 2. The fraction of sp³-hybridized carbons (Fsp3) is 0.0909. The summed E-state index contributed by atoms with van der Waals surface area (Å²) in [6.45, 7) is 1.82. The van der Waals surface area contributed by atoms with Crippen molar-refractivity contribution in [3.8, 4) is 5.82 Å². The Kier molecular flexibility index (Phi) is 5.47. The number of carbonyl (C=O) groups excluding carboxylic acids is 1. The van der Waals surface area contributed by atoms with E-state index < -0.39 is 0 Å². The standard InChI is InChI=1S/C22H19FN6O/c1-15-25-20(13-21(26-15)29-11-10-24-14-29)27-18-6-8-19(9-7-18)28-22(30)12-16-2-4-17(23)5-3-16/h2-11,13-14H,12H2,1H3,(H,28,30)(H,25,26,27). The first-order valence-corrected chi connectivity index (χ1v) is 9.30. The Balaban J connectivity index is 1.40. The second-order valence-corrected chi connectivity index (χ2v) is 6.68. The molecule has 4 rings (SSSR count). The second-order valence-electron chi connectivity index (χ2n) is 6.68. The van der Waals surface area contributed by atoms with Crippen molar-refractivity contribution >= 4 is 23.1 Å². The molecule has 0 atom stereocenters. The number of imidazole rings is 1. The molecule has 0 radical (unpaired) electrons. The van der Waals surface area contributed by atoms with Gasteiger partial charge in [-0.3, -0.25) is 9.36 Å². The van der Waals surface area contributed by atoms with Gasteiger partial charge in [-0.1, -0.05) is 12.1 Å². The Labute approximate surface area is 172 Å². The highest BCUT2D eigenvalue weighted by Gasteiger charge is 2.07. The third-order valence-electron chi connectivity index (χ3n) is 4.31. The molecule has 30 heavy (non-hydrogen) atoms. The summed E-state index contributed by atoms with van der Waals surface area (Å²) >= 11 is 0. The van der Waals surface area contributed by atoms with Crippen molar-refractivity contribution in [2.45, 2.75) is 13.3 Å². The lowest BCUT2D eigenvalue weighted by molar-refractivity contribution is -0.115. The quantitative estimate of drug-likeness (QED) is 0.509. The number of hydrogen-bond acceptors (Lipinski definition) is 5. The molecule has 0 fully saturated rings. The number of nitrogens with zero attached hydrogens (tertiary/aromatic N) is 4. The van der Waals surface area contributed by atoms with Crippen molar-refractivity contribution in [3.05, 3.63) is 90.5 Å². The van der Waals surface area contributed by atoms with Crippen LogP contribution in [0.1, 0.15) is 11.4 Å². The first-order chi connectivity index (χ1) is 14.5. The van der Waals surface area contributed by atoms with Crippen molar-refractivity contribution in [3.63, 3.8) is 0 Å². The smallest absolute Gasteiger partial charge is 0.228 e. The van der Waals surface area contributed by atoms with Crippen molar-refractivity contribution in [2.75, 3.05) is 10.6 Å². The molecule has 2 aromatic carbocycles. The van der Waals surface area contributed by atoms with Gasteiger partial charge in [0.05, 0.1) is 6.42 Å². The van der Waals surface area contributed by atoms with Gasteiger partial charge in [0.15, 0.2) is 0 Å². The molecule has 0 aliphatic rings. The lowest BCUT2D eigenvalue weighted by Crippen LogP contribution is -2.14. The summed E-state index contributed by atoms with van der Waals surface area (Å²) in [6, 6.07) is 15.0. The Morgan fingerprint density at radius 1 is 1.03 bits per heavy atom. The van der Waals surface area contributed by atoms with Crippen molar-refractivity contribution < 1.29 is 9.18 Å². The highest BCUT2D eigenvalue weighted by Crippen LogP contribution is 2.19. The number of aryl methyl sites for hydroxylation is 1. The minimum atomic E-state index is -0.321. The van der Waals surface area contributed by atoms with Crippen LogP contribution in [0.25, 0.3) is 5.82 Å². The van der Waals surface area contributed by atoms with E-state index in [1.165, 1.54) is 12.1 Å². The van der Waals surface area contributed by atoms with E-state index in [1.807, 2.05) is 31.3 Å². The van der Waals surface area contributed by atoms with Crippen molar-refractivity contribution in [1.29, 1.82) is 0 Å². The Morgan fingerprint density at radius 3 is 2.47 bits per heavy atom. The third kappa shape index (κ3) is 4.85. The minimum Gasteiger partial charge on any atom is -0.340 e. The summed E-state index contributed by atoms with van der Waals surface area (Å²) in [6.07, 6.45) is 5.36. The summed E-state index contributed by atoms with van der Waals surface area (Å²) in [4.78, 5) is 25.0. The zero-order valence-corrected chi connectivity index (χ0v) is 16.2. The summed E-state index contributed by atoms with van der Waals surface area (Å²) in [5, 5.41) is 6.08. The molecule has 7 nitrogen and oxygen atoms in total. The van der Waals surface area contributed by atoms with Gasteiger partial charge in [-0.2, -0.15) is 0 Å². The van der Waals surface area contributed by atoms with Crippen LogP contribution >= 0.6 is 0 Å². The van der Waals surface area contributed by atoms with Gasteiger partial charge < -0.3 is 10.6 Å². The maximum Gasteiger partial charge on any atom is 0.228 e. The van der Waals surface area contributed by atoms with Gasteiger partial charge in [0.1, 0.15) is 29.6 Å². The minimum absolute atomic E-state index is 0.168. The number of halogens is 1. The first-order valence-electron chi connectivity index (χ1n) is 9.30. The van der Waals surface area contributed by atoms with Crippen molar-refractivity contribution in [2.24, 2.45) is 0 Å². The monoisotopic (exact) mass is 402 g/mol. The summed E-state index contributed by atoms with van der Waals surface area (Å²) in [5.74, 6) is 1.51. The van der Waals surface area contributed by atoms with Crippen molar-refractivity contribution in [1.82, 2.24) is 19.5 Å². The van der Waals surface area contributed by atoms with E-state index in [0.29, 0.717) is 23.1 Å². The van der Waals surface area contributed by atoms with Crippen LogP contribution in [-0.2, 0) is 11.2 Å². The number of nitrogens with one attached hydrogen (secondary N) is 2. The number of amides is 1. The van der Waals surface area contributed by atoms with E-state index in [-0.39, 0.29) is 18.1 Å². The van der Waals surface area contributed by atoms with Gasteiger partial charge in [-0.25, -0.2) is 19.3 Å². The van der Waals surface area contributed by atoms with E-state index in [4.69, 9.17) is 0 Å². The van der Waals surface area contributed by atoms with Gasteiger partial charge in [0.25, 0.3) is 0 Å². The van der Waals surface area contributed by atoms with Gasteiger partial charge in [-0.15, -0.1) is 0 Å². The van der Waals surface area contributed by atoms with Crippen LogP contribution in [0.15, 0.2) is 73.3 Å². The maximum atomic E-state index is 13.0. The molecule has 0 spiro atoms. The average molecular weight is 402 g/mol. The van der Waals surface area contributed by atoms with Gasteiger partial charge in [0, 0.05) is 29.8 Å². The predicted octanol–water partition coefficient (Wildman–Crippen LogP) is 4.03. The number of aromatic nitrogens is 4. The Bertz CT molecular complexity index is 1140. The number of carbonyl (C=O) groups is 1. The predicted molar refractivity (Wildman–Crippen MR) is 112 cm³/mol. The van der Waals surface area contributed by atoms with E-state index >= 15 is 0 Å². The highest BCUT2D eigenvalue weighted by atomic mass is 19.1. The van der Waals surface area contributed by atoms with Crippen LogP contribution < -0.4 is 10.6 Å². The fourth-order valence-electron chi connectivity index (χ4n) is 2.92. The number of anilines is 3. The van der Waals surface area contributed by atoms with E-state index in [1.54, 1.807) is 41.4 Å². The molecule has 8 heteroatoms. The molecular weight excluding hydrogens is 383 g/mol. The number of hydrogen-bond donors (Lipinski definition) is 2.